The number of anilines is 2. The standard InChI is InChI=1S/C38H54N8O3/c1-27-20-28(2)46(42-27)35-22-31(21-34(24-35)45-18-16-43(17-19-45)14-4-3-7-36(39)47)32(23-37(48)49)26-44-15-12-29(25-44)8-10-33-11-9-30-6-5-13-40-38(30)41-33/h9,11,20-22,24,29,32H,3-8,10,12-19,23,25-26H2,1-2H3,(H2,39,47)(H,40,41)(H,48,49)/t29?,32-/m1/s1. The molecule has 2 fully saturated rings. The number of carbonyl (C=O) groups excluding carboxylic acids is 1. The van der Waals surface area contributed by atoms with E-state index in [1.807, 2.05) is 11.6 Å². The number of aromatic nitrogens is 3. The molecule has 1 amide bonds. The van der Waals surface area contributed by atoms with Crippen LogP contribution in [0.25, 0.3) is 5.69 Å². The van der Waals surface area contributed by atoms with Gasteiger partial charge < -0.3 is 26.0 Å². The van der Waals surface area contributed by atoms with Crippen molar-refractivity contribution in [2.45, 2.75) is 77.6 Å². The quantitative estimate of drug-likeness (QED) is 0.200. The first-order valence-corrected chi connectivity index (χ1v) is 18.3. The van der Waals surface area contributed by atoms with Gasteiger partial charge in [0.25, 0.3) is 0 Å². The molecule has 11 nitrogen and oxygen atoms in total. The van der Waals surface area contributed by atoms with Crippen molar-refractivity contribution in [3.63, 3.8) is 0 Å². The number of likely N-dealkylation sites (tertiary alicyclic amines) is 1. The number of nitrogens with two attached hydrogens (primary N) is 1. The van der Waals surface area contributed by atoms with E-state index in [-0.39, 0.29) is 18.2 Å². The highest BCUT2D eigenvalue weighted by Gasteiger charge is 2.28. The van der Waals surface area contributed by atoms with Gasteiger partial charge in [-0.2, -0.15) is 5.10 Å². The number of fused-ring (bicyclic) bond motifs is 1. The van der Waals surface area contributed by atoms with Crippen molar-refractivity contribution in [1.29, 1.82) is 0 Å². The molecule has 0 bridgehead atoms. The van der Waals surface area contributed by atoms with Gasteiger partial charge in [0.15, 0.2) is 0 Å². The molecule has 11 heteroatoms. The van der Waals surface area contributed by atoms with Gasteiger partial charge >= 0.3 is 5.97 Å². The molecular weight excluding hydrogens is 616 g/mol. The Labute approximate surface area is 290 Å². The predicted molar refractivity (Wildman–Crippen MR) is 194 cm³/mol. The fourth-order valence-electron chi connectivity index (χ4n) is 7.90. The smallest absolute Gasteiger partial charge is 0.304 e. The third-order valence-electron chi connectivity index (χ3n) is 10.6. The highest BCUT2D eigenvalue weighted by Crippen LogP contribution is 2.32. The third kappa shape index (κ3) is 9.39. The fourth-order valence-corrected chi connectivity index (χ4v) is 7.90. The number of carboxylic acid groups (broad SMARTS) is 1. The van der Waals surface area contributed by atoms with Crippen LogP contribution < -0.4 is 16.0 Å². The van der Waals surface area contributed by atoms with E-state index in [4.69, 9.17) is 15.8 Å². The summed E-state index contributed by atoms with van der Waals surface area (Å²) in [7, 11) is 0. The first-order valence-electron chi connectivity index (χ1n) is 18.3. The summed E-state index contributed by atoms with van der Waals surface area (Å²) in [6, 6.07) is 13.1. The van der Waals surface area contributed by atoms with Crippen LogP contribution in [0.15, 0.2) is 36.4 Å². The number of carbonyl (C=O) groups is 2. The van der Waals surface area contributed by atoms with E-state index >= 15 is 0 Å². The Morgan fingerprint density at radius 1 is 1.02 bits per heavy atom. The summed E-state index contributed by atoms with van der Waals surface area (Å²) in [5, 5.41) is 18.3. The van der Waals surface area contributed by atoms with Crippen LogP contribution >= 0.6 is 0 Å². The molecule has 3 aliphatic heterocycles. The van der Waals surface area contributed by atoms with Crippen molar-refractivity contribution in [3.05, 3.63) is 64.6 Å². The number of pyridine rings is 1. The third-order valence-corrected chi connectivity index (χ3v) is 10.6. The molecule has 1 unspecified atom stereocenters. The van der Waals surface area contributed by atoms with Gasteiger partial charge in [0.05, 0.1) is 17.8 Å². The maximum atomic E-state index is 12.3. The average Bonchev–Trinajstić information content (AvgIpc) is 3.69. The molecule has 0 spiro atoms. The molecule has 264 valence electrons. The zero-order valence-electron chi connectivity index (χ0n) is 29.4. The minimum absolute atomic E-state index is 0.0896. The summed E-state index contributed by atoms with van der Waals surface area (Å²) in [5.41, 5.74) is 13.0. The Hall–Kier alpha value is -3.96. The van der Waals surface area contributed by atoms with Gasteiger partial charge in [-0.3, -0.25) is 14.5 Å². The van der Waals surface area contributed by atoms with Crippen LogP contribution in [0.3, 0.4) is 0 Å². The molecule has 49 heavy (non-hydrogen) atoms. The SMILES string of the molecule is Cc1cc(C)n(-c2cc([C@H](CC(=O)O)CN3CCC(CCc4ccc5c(n4)NCCC5)C3)cc(N3CCN(CCCCC(N)=O)CC3)c2)n1. The van der Waals surface area contributed by atoms with Crippen LogP contribution in [0, 0.1) is 19.8 Å². The maximum absolute atomic E-state index is 12.3. The largest absolute Gasteiger partial charge is 0.481 e. The lowest BCUT2D eigenvalue weighted by atomic mass is 9.93. The summed E-state index contributed by atoms with van der Waals surface area (Å²) in [5.74, 6) is 0.516. The van der Waals surface area contributed by atoms with Gasteiger partial charge in [-0.15, -0.1) is 0 Å². The highest BCUT2D eigenvalue weighted by atomic mass is 16.4. The molecule has 1 aromatic carbocycles. The number of rotatable bonds is 15. The second kappa shape index (κ2) is 16.2. The first-order chi connectivity index (χ1) is 23.7. The molecule has 0 aliphatic carbocycles. The number of hydrogen-bond donors (Lipinski definition) is 3. The Morgan fingerprint density at radius 2 is 1.84 bits per heavy atom. The van der Waals surface area contributed by atoms with Crippen molar-refractivity contribution in [2.75, 3.05) is 69.1 Å². The highest BCUT2D eigenvalue weighted by molar-refractivity contribution is 5.73. The minimum Gasteiger partial charge on any atom is -0.481 e. The summed E-state index contributed by atoms with van der Waals surface area (Å²) in [6.07, 6.45) is 7.81. The van der Waals surface area contributed by atoms with Gasteiger partial charge in [-0.1, -0.05) is 6.07 Å². The van der Waals surface area contributed by atoms with E-state index in [1.54, 1.807) is 0 Å². The van der Waals surface area contributed by atoms with Crippen LogP contribution in [0.4, 0.5) is 11.5 Å². The normalized spacial score (nSPS) is 19.1. The lowest BCUT2D eigenvalue weighted by molar-refractivity contribution is -0.137. The van der Waals surface area contributed by atoms with Gasteiger partial charge in [-0.05, 0) is 119 Å². The van der Waals surface area contributed by atoms with Crippen molar-refractivity contribution in [1.82, 2.24) is 24.6 Å². The van der Waals surface area contributed by atoms with E-state index in [1.165, 1.54) is 12.0 Å². The number of aliphatic carboxylic acids is 1. The van der Waals surface area contributed by atoms with Crippen LogP contribution in [0.1, 0.15) is 79.1 Å². The van der Waals surface area contributed by atoms with Crippen LogP contribution in [-0.2, 0) is 22.4 Å². The first kappa shape index (κ1) is 34.9. The monoisotopic (exact) mass is 670 g/mol. The summed E-state index contributed by atoms with van der Waals surface area (Å²) >= 11 is 0. The lowest BCUT2D eigenvalue weighted by Crippen LogP contribution is -2.46. The zero-order chi connectivity index (χ0) is 34.3. The van der Waals surface area contributed by atoms with E-state index < -0.39 is 5.97 Å². The molecule has 5 heterocycles. The Morgan fingerprint density at radius 3 is 2.59 bits per heavy atom. The van der Waals surface area contributed by atoms with Crippen molar-refractivity contribution in [3.8, 4) is 5.69 Å². The van der Waals surface area contributed by atoms with Crippen LogP contribution in [0.5, 0.6) is 0 Å². The molecule has 6 rings (SSSR count). The number of piperazine rings is 1. The molecule has 2 aromatic heterocycles. The molecule has 2 atom stereocenters. The second-order valence-corrected chi connectivity index (χ2v) is 14.5. The number of amides is 1. The van der Waals surface area contributed by atoms with Gasteiger partial charge in [0, 0.05) is 75.2 Å². The number of unbranched alkanes of at least 4 members (excludes halogenated alkanes) is 1. The van der Waals surface area contributed by atoms with Gasteiger partial charge in [0.1, 0.15) is 5.82 Å². The summed E-state index contributed by atoms with van der Waals surface area (Å²) in [4.78, 5) is 35.7. The molecule has 4 N–H and O–H groups in total. The molecular formula is C38H54N8O3. The topological polar surface area (TPSA) is 133 Å². The van der Waals surface area contributed by atoms with E-state index in [2.05, 4.69) is 63.3 Å². The number of carboxylic acids is 1. The molecule has 0 radical (unpaired) electrons. The molecule has 0 saturated carbocycles. The zero-order valence-corrected chi connectivity index (χ0v) is 29.4. The van der Waals surface area contributed by atoms with Crippen molar-refractivity contribution >= 4 is 23.4 Å². The van der Waals surface area contributed by atoms with Gasteiger partial charge in [0.2, 0.25) is 5.91 Å². The van der Waals surface area contributed by atoms with Crippen molar-refractivity contribution in [2.24, 2.45) is 11.7 Å². The molecule has 3 aromatic rings. The Bertz CT molecular complexity index is 1600. The number of hydrogen-bond acceptors (Lipinski definition) is 8. The predicted octanol–water partition coefficient (Wildman–Crippen LogP) is 4.53. The molecule has 3 aliphatic rings. The molecule has 2 saturated heterocycles. The van der Waals surface area contributed by atoms with E-state index in [9.17, 15) is 14.7 Å². The van der Waals surface area contributed by atoms with Crippen LogP contribution in [-0.4, -0.2) is 100 Å². The number of benzene rings is 1. The summed E-state index contributed by atoms with van der Waals surface area (Å²) < 4.78 is 1.99. The fraction of sp³-hybridized carbons (Fsp3) is 0.579. The second-order valence-electron chi connectivity index (χ2n) is 14.5. The summed E-state index contributed by atoms with van der Waals surface area (Å²) in [6.45, 7) is 12.4. The van der Waals surface area contributed by atoms with Gasteiger partial charge in [-0.25, -0.2) is 9.67 Å². The average molecular weight is 671 g/mol. The Kier molecular flexibility index (Phi) is 11.5. The van der Waals surface area contributed by atoms with E-state index in [0.717, 1.165) is 137 Å². The minimum atomic E-state index is -0.768. The lowest BCUT2D eigenvalue weighted by Gasteiger charge is -2.37. The maximum Gasteiger partial charge on any atom is 0.304 e. The van der Waals surface area contributed by atoms with Crippen molar-refractivity contribution < 1.29 is 14.7 Å². The Balaban J connectivity index is 1.14. The number of aryl methyl sites for hydroxylation is 4. The van der Waals surface area contributed by atoms with Crippen LogP contribution in [0.2, 0.25) is 0 Å². The van der Waals surface area contributed by atoms with E-state index in [0.29, 0.717) is 12.3 Å². The number of primary amides is 1. The number of nitrogens with zero attached hydrogens (tertiary/aromatic N) is 6. The number of nitrogens with one attached hydrogen (secondary N) is 1.